The summed E-state index contributed by atoms with van der Waals surface area (Å²) in [7, 11) is 0. The lowest BCUT2D eigenvalue weighted by Crippen LogP contribution is -2.04. The highest BCUT2D eigenvalue weighted by molar-refractivity contribution is 5.56. The van der Waals surface area contributed by atoms with E-state index < -0.39 is 11.6 Å². The van der Waals surface area contributed by atoms with E-state index in [0.717, 1.165) is 0 Å². The van der Waals surface area contributed by atoms with E-state index in [-0.39, 0.29) is 11.5 Å². The zero-order valence-electron chi connectivity index (χ0n) is 9.20. The first-order valence-electron chi connectivity index (χ1n) is 5.11. The Kier molecular flexibility index (Phi) is 3.14. The predicted octanol–water partition coefficient (Wildman–Crippen LogP) is 1.82. The van der Waals surface area contributed by atoms with Crippen LogP contribution in [0.25, 0.3) is 11.5 Å². The summed E-state index contributed by atoms with van der Waals surface area (Å²) in [6.45, 7) is 1.88. The molecule has 90 valence electrons. The Labute approximate surface area is 96.4 Å². The van der Waals surface area contributed by atoms with Gasteiger partial charge < -0.3 is 10.3 Å². The fourth-order valence-corrected chi connectivity index (χ4v) is 1.44. The zero-order chi connectivity index (χ0) is 12.4. The first-order chi connectivity index (χ1) is 8.13. The van der Waals surface area contributed by atoms with Crippen molar-refractivity contribution in [2.24, 2.45) is 5.73 Å². The molecule has 0 bridgehead atoms. The Bertz CT molecular complexity index is 540. The van der Waals surface area contributed by atoms with E-state index in [1.54, 1.807) is 0 Å². The highest BCUT2D eigenvalue weighted by Gasteiger charge is 2.19. The van der Waals surface area contributed by atoms with Crippen LogP contribution in [0.4, 0.5) is 8.78 Å². The van der Waals surface area contributed by atoms with Gasteiger partial charge in [-0.2, -0.15) is 4.98 Å². The molecular formula is C11H11F2N3O. The van der Waals surface area contributed by atoms with Gasteiger partial charge in [0.1, 0.15) is 17.2 Å². The Morgan fingerprint density at radius 2 is 2.12 bits per heavy atom. The molecule has 0 saturated carbocycles. The topological polar surface area (TPSA) is 64.9 Å². The lowest BCUT2D eigenvalue weighted by molar-refractivity contribution is 0.417. The SMILES string of the molecule is Cc1ccc(F)c(-c2nc(CCN)no2)c1F. The van der Waals surface area contributed by atoms with Crippen LogP contribution in [0.2, 0.25) is 0 Å². The third kappa shape index (κ3) is 2.16. The minimum atomic E-state index is -0.726. The van der Waals surface area contributed by atoms with Crippen LogP contribution in [0.1, 0.15) is 11.4 Å². The third-order valence-corrected chi connectivity index (χ3v) is 2.33. The van der Waals surface area contributed by atoms with Gasteiger partial charge in [0.25, 0.3) is 5.89 Å². The average molecular weight is 239 g/mol. The molecule has 0 aliphatic carbocycles. The molecular weight excluding hydrogens is 228 g/mol. The number of hydrogen-bond donors (Lipinski definition) is 1. The van der Waals surface area contributed by atoms with Gasteiger partial charge in [-0.3, -0.25) is 0 Å². The maximum absolute atomic E-state index is 13.8. The van der Waals surface area contributed by atoms with Crippen molar-refractivity contribution in [1.29, 1.82) is 0 Å². The van der Waals surface area contributed by atoms with E-state index in [9.17, 15) is 8.78 Å². The van der Waals surface area contributed by atoms with Crippen molar-refractivity contribution in [2.45, 2.75) is 13.3 Å². The normalized spacial score (nSPS) is 10.8. The molecule has 0 aliphatic rings. The predicted molar refractivity (Wildman–Crippen MR) is 57.1 cm³/mol. The van der Waals surface area contributed by atoms with Crippen LogP contribution in [0.3, 0.4) is 0 Å². The molecule has 1 heterocycles. The van der Waals surface area contributed by atoms with Crippen molar-refractivity contribution in [3.8, 4) is 11.5 Å². The molecule has 0 unspecified atom stereocenters. The molecule has 1 aromatic carbocycles. The Balaban J connectivity index is 2.48. The molecule has 0 spiro atoms. The lowest BCUT2D eigenvalue weighted by Gasteiger charge is -2.02. The number of benzene rings is 1. The Hall–Kier alpha value is -1.82. The van der Waals surface area contributed by atoms with Crippen LogP contribution in [0.15, 0.2) is 16.7 Å². The number of halogens is 2. The van der Waals surface area contributed by atoms with E-state index in [1.807, 2.05) is 0 Å². The summed E-state index contributed by atoms with van der Waals surface area (Å²) in [5.41, 5.74) is 5.35. The number of aromatic nitrogens is 2. The van der Waals surface area contributed by atoms with Gasteiger partial charge in [0.2, 0.25) is 0 Å². The van der Waals surface area contributed by atoms with Gasteiger partial charge in [-0.1, -0.05) is 11.2 Å². The van der Waals surface area contributed by atoms with Crippen molar-refractivity contribution in [3.05, 3.63) is 35.2 Å². The summed E-state index contributed by atoms with van der Waals surface area (Å²) in [5, 5.41) is 3.59. The molecule has 1 aromatic heterocycles. The lowest BCUT2D eigenvalue weighted by atomic mass is 10.1. The molecule has 2 N–H and O–H groups in total. The van der Waals surface area contributed by atoms with Gasteiger partial charge in [0, 0.05) is 6.42 Å². The van der Waals surface area contributed by atoms with Crippen LogP contribution in [-0.2, 0) is 6.42 Å². The second-order valence-corrected chi connectivity index (χ2v) is 3.61. The molecule has 17 heavy (non-hydrogen) atoms. The molecule has 0 radical (unpaired) electrons. The van der Waals surface area contributed by atoms with Crippen molar-refractivity contribution >= 4 is 0 Å². The summed E-state index contributed by atoms with van der Waals surface area (Å²) in [5.74, 6) is -1.24. The largest absolute Gasteiger partial charge is 0.334 e. The number of rotatable bonds is 3. The summed E-state index contributed by atoms with van der Waals surface area (Å²) in [4.78, 5) is 3.90. The summed E-state index contributed by atoms with van der Waals surface area (Å²) in [6, 6.07) is 2.52. The third-order valence-electron chi connectivity index (χ3n) is 2.33. The number of nitrogens with zero attached hydrogens (tertiary/aromatic N) is 2. The minimum Gasteiger partial charge on any atom is -0.334 e. The average Bonchev–Trinajstić information content (AvgIpc) is 2.73. The fourth-order valence-electron chi connectivity index (χ4n) is 1.44. The molecule has 0 aliphatic heterocycles. The number of hydrogen-bond acceptors (Lipinski definition) is 4. The Morgan fingerprint density at radius 1 is 1.35 bits per heavy atom. The molecule has 6 heteroatoms. The summed E-state index contributed by atoms with van der Waals surface area (Å²) in [6.07, 6.45) is 0.401. The highest BCUT2D eigenvalue weighted by atomic mass is 19.1. The first kappa shape index (κ1) is 11.7. The van der Waals surface area contributed by atoms with E-state index in [1.165, 1.54) is 19.1 Å². The smallest absolute Gasteiger partial charge is 0.263 e. The molecule has 2 rings (SSSR count). The van der Waals surface area contributed by atoms with E-state index in [0.29, 0.717) is 24.4 Å². The van der Waals surface area contributed by atoms with Gasteiger partial charge in [0.05, 0.1) is 0 Å². The van der Waals surface area contributed by atoms with Crippen LogP contribution < -0.4 is 5.73 Å². The maximum atomic E-state index is 13.8. The van der Waals surface area contributed by atoms with Crippen molar-refractivity contribution < 1.29 is 13.3 Å². The quantitative estimate of drug-likeness (QED) is 0.887. The molecule has 0 fully saturated rings. The number of aryl methyl sites for hydroxylation is 1. The molecule has 0 atom stereocenters. The zero-order valence-corrected chi connectivity index (χ0v) is 9.20. The van der Waals surface area contributed by atoms with Gasteiger partial charge in [-0.25, -0.2) is 8.78 Å². The molecule has 4 nitrogen and oxygen atoms in total. The first-order valence-corrected chi connectivity index (χ1v) is 5.11. The molecule has 2 aromatic rings. The van der Waals surface area contributed by atoms with Crippen LogP contribution >= 0.6 is 0 Å². The maximum Gasteiger partial charge on any atom is 0.263 e. The summed E-state index contributed by atoms with van der Waals surface area (Å²) < 4.78 is 32.1. The van der Waals surface area contributed by atoms with Crippen LogP contribution in [0.5, 0.6) is 0 Å². The minimum absolute atomic E-state index is 0.160. The van der Waals surface area contributed by atoms with Crippen LogP contribution in [-0.4, -0.2) is 16.7 Å². The van der Waals surface area contributed by atoms with Gasteiger partial charge in [0.15, 0.2) is 5.82 Å². The Morgan fingerprint density at radius 3 is 2.82 bits per heavy atom. The monoisotopic (exact) mass is 239 g/mol. The fraction of sp³-hybridized carbons (Fsp3) is 0.273. The molecule has 0 amide bonds. The standard InChI is InChI=1S/C11H11F2N3O/c1-6-2-3-7(12)9(10(6)13)11-15-8(4-5-14)16-17-11/h2-3H,4-5,14H2,1H3. The van der Waals surface area contributed by atoms with Gasteiger partial charge in [-0.15, -0.1) is 0 Å². The van der Waals surface area contributed by atoms with E-state index in [2.05, 4.69) is 10.1 Å². The number of nitrogens with two attached hydrogens (primary N) is 1. The highest BCUT2D eigenvalue weighted by Crippen LogP contribution is 2.26. The van der Waals surface area contributed by atoms with Gasteiger partial charge >= 0.3 is 0 Å². The van der Waals surface area contributed by atoms with Crippen molar-refractivity contribution in [2.75, 3.05) is 6.54 Å². The van der Waals surface area contributed by atoms with Crippen molar-refractivity contribution in [3.63, 3.8) is 0 Å². The second kappa shape index (κ2) is 4.58. The van der Waals surface area contributed by atoms with Crippen molar-refractivity contribution in [1.82, 2.24) is 10.1 Å². The van der Waals surface area contributed by atoms with E-state index >= 15 is 0 Å². The molecule has 0 saturated heterocycles. The van der Waals surface area contributed by atoms with Crippen LogP contribution in [0, 0.1) is 18.6 Å². The summed E-state index contributed by atoms with van der Waals surface area (Å²) >= 11 is 0. The van der Waals surface area contributed by atoms with E-state index in [4.69, 9.17) is 10.3 Å². The second-order valence-electron chi connectivity index (χ2n) is 3.61. The van der Waals surface area contributed by atoms with Gasteiger partial charge in [-0.05, 0) is 25.1 Å².